The minimum absolute atomic E-state index is 0.187. The van der Waals surface area contributed by atoms with Crippen LogP contribution in [0.2, 0.25) is 0 Å². The molecule has 0 amide bonds. The molecule has 2 rings (SSSR count). The van der Waals surface area contributed by atoms with Gasteiger partial charge < -0.3 is 5.73 Å². The largest absolute Gasteiger partial charge is 0.399 e. The fourth-order valence-corrected chi connectivity index (χ4v) is 3.37. The first-order chi connectivity index (χ1) is 9.53. The molecule has 5 heteroatoms. The maximum Gasteiger partial charge on any atom is 0.241 e. The predicted octanol–water partition coefficient (Wildman–Crippen LogP) is 2.70. The molecule has 1 atom stereocenters. The van der Waals surface area contributed by atoms with Crippen LogP contribution in [0.25, 0.3) is 0 Å². The Bertz CT molecular complexity index is 669. The maximum atomic E-state index is 12.4. The van der Waals surface area contributed by atoms with Gasteiger partial charge >= 0.3 is 0 Å². The van der Waals surface area contributed by atoms with E-state index in [1.54, 1.807) is 12.1 Å². The number of hydrogen-bond acceptors (Lipinski definition) is 3. The molecule has 1 unspecified atom stereocenters. The van der Waals surface area contributed by atoms with Gasteiger partial charge in [-0.25, -0.2) is 13.1 Å². The third-order valence-corrected chi connectivity index (χ3v) is 4.55. The van der Waals surface area contributed by atoms with Gasteiger partial charge in [-0.1, -0.05) is 43.3 Å². The minimum atomic E-state index is -3.57. The molecule has 0 heterocycles. The van der Waals surface area contributed by atoms with Crippen LogP contribution in [0.3, 0.4) is 0 Å². The van der Waals surface area contributed by atoms with Gasteiger partial charge in [-0.05, 0) is 30.2 Å². The van der Waals surface area contributed by atoms with Crippen LogP contribution in [-0.4, -0.2) is 8.42 Å². The summed E-state index contributed by atoms with van der Waals surface area (Å²) < 4.78 is 27.4. The lowest BCUT2D eigenvalue weighted by atomic mass is 10.1. The smallest absolute Gasteiger partial charge is 0.241 e. The molecule has 3 N–H and O–H groups in total. The van der Waals surface area contributed by atoms with E-state index < -0.39 is 10.0 Å². The summed E-state index contributed by atoms with van der Waals surface area (Å²) in [6.07, 6.45) is 0.672. The predicted molar refractivity (Wildman–Crippen MR) is 80.6 cm³/mol. The van der Waals surface area contributed by atoms with Crippen molar-refractivity contribution in [1.29, 1.82) is 0 Å². The number of hydrogen-bond donors (Lipinski definition) is 2. The van der Waals surface area contributed by atoms with E-state index in [0.717, 1.165) is 5.56 Å². The van der Waals surface area contributed by atoms with Crippen LogP contribution in [0.15, 0.2) is 59.5 Å². The Hall–Kier alpha value is -1.85. The lowest BCUT2D eigenvalue weighted by molar-refractivity contribution is 0.550. The Morgan fingerprint density at radius 2 is 1.80 bits per heavy atom. The monoisotopic (exact) mass is 290 g/mol. The second-order valence-electron chi connectivity index (χ2n) is 4.57. The van der Waals surface area contributed by atoms with Gasteiger partial charge in [0.05, 0.1) is 4.90 Å². The van der Waals surface area contributed by atoms with Crippen molar-refractivity contribution in [3.05, 3.63) is 60.2 Å². The zero-order chi connectivity index (χ0) is 14.6. The van der Waals surface area contributed by atoms with E-state index in [0.29, 0.717) is 12.1 Å². The average molecular weight is 290 g/mol. The summed E-state index contributed by atoms with van der Waals surface area (Å²) >= 11 is 0. The van der Waals surface area contributed by atoms with Crippen molar-refractivity contribution in [3.63, 3.8) is 0 Å². The zero-order valence-electron chi connectivity index (χ0n) is 11.3. The van der Waals surface area contributed by atoms with Crippen LogP contribution < -0.4 is 10.5 Å². The Morgan fingerprint density at radius 3 is 2.40 bits per heavy atom. The van der Waals surface area contributed by atoms with Crippen molar-refractivity contribution >= 4 is 15.7 Å². The Balaban J connectivity index is 2.27. The van der Waals surface area contributed by atoms with E-state index in [4.69, 9.17) is 5.73 Å². The summed E-state index contributed by atoms with van der Waals surface area (Å²) in [5, 5.41) is 0. The maximum absolute atomic E-state index is 12.4. The first-order valence-electron chi connectivity index (χ1n) is 6.46. The van der Waals surface area contributed by atoms with Gasteiger partial charge in [-0.2, -0.15) is 0 Å². The van der Waals surface area contributed by atoms with Gasteiger partial charge in [-0.3, -0.25) is 0 Å². The summed E-state index contributed by atoms with van der Waals surface area (Å²) in [4.78, 5) is 0.187. The van der Waals surface area contributed by atoms with E-state index in [2.05, 4.69) is 4.72 Å². The van der Waals surface area contributed by atoms with Crippen molar-refractivity contribution in [2.45, 2.75) is 24.3 Å². The lowest BCUT2D eigenvalue weighted by Crippen LogP contribution is -2.28. The normalized spacial score (nSPS) is 13.1. The van der Waals surface area contributed by atoms with Gasteiger partial charge in [0.1, 0.15) is 0 Å². The third-order valence-electron chi connectivity index (χ3n) is 3.08. The molecule has 0 aliphatic carbocycles. The van der Waals surface area contributed by atoms with E-state index in [1.165, 1.54) is 12.1 Å². The molecule has 2 aromatic carbocycles. The van der Waals surface area contributed by atoms with Crippen molar-refractivity contribution in [3.8, 4) is 0 Å². The average Bonchev–Trinajstić information content (AvgIpc) is 2.46. The fraction of sp³-hybridized carbons (Fsp3) is 0.200. The highest BCUT2D eigenvalue weighted by molar-refractivity contribution is 7.89. The number of nitrogens with one attached hydrogen (secondary N) is 1. The highest BCUT2D eigenvalue weighted by atomic mass is 32.2. The molecule has 0 aliphatic rings. The molecule has 0 aliphatic heterocycles. The second kappa shape index (κ2) is 6.07. The summed E-state index contributed by atoms with van der Waals surface area (Å²) in [5.41, 5.74) is 7.02. The summed E-state index contributed by atoms with van der Waals surface area (Å²) in [6, 6.07) is 15.6. The molecule has 0 saturated carbocycles. The highest BCUT2D eigenvalue weighted by Crippen LogP contribution is 2.20. The van der Waals surface area contributed by atoms with Gasteiger partial charge in [0, 0.05) is 11.7 Å². The van der Waals surface area contributed by atoms with Crippen LogP contribution in [-0.2, 0) is 10.0 Å². The van der Waals surface area contributed by atoms with Gasteiger partial charge in [-0.15, -0.1) is 0 Å². The van der Waals surface area contributed by atoms with Gasteiger partial charge in [0.2, 0.25) is 10.0 Å². The molecule has 0 fully saturated rings. The first kappa shape index (κ1) is 14.6. The van der Waals surface area contributed by atoms with E-state index in [-0.39, 0.29) is 10.9 Å². The fourth-order valence-electron chi connectivity index (χ4n) is 2.01. The van der Waals surface area contributed by atoms with Crippen molar-refractivity contribution < 1.29 is 8.42 Å². The molecule has 20 heavy (non-hydrogen) atoms. The number of anilines is 1. The standard InChI is InChI=1S/C15H18N2O2S/c1-2-15(12-7-4-3-5-8-12)17-20(18,19)14-10-6-9-13(16)11-14/h3-11,15,17H,2,16H2,1H3. The molecule has 0 aromatic heterocycles. The Kier molecular flexibility index (Phi) is 4.42. The number of rotatable bonds is 5. The Labute approximate surface area is 119 Å². The molecular weight excluding hydrogens is 272 g/mol. The molecule has 0 spiro atoms. The Morgan fingerprint density at radius 1 is 1.10 bits per heavy atom. The van der Waals surface area contributed by atoms with Crippen molar-refractivity contribution in [2.24, 2.45) is 0 Å². The molecule has 0 radical (unpaired) electrons. The molecule has 0 bridgehead atoms. The number of nitrogens with two attached hydrogens (primary N) is 1. The number of nitrogen functional groups attached to an aromatic ring is 1. The van der Waals surface area contributed by atoms with Crippen LogP contribution in [0.4, 0.5) is 5.69 Å². The summed E-state index contributed by atoms with van der Waals surface area (Å²) in [5.74, 6) is 0. The second-order valence-corrected chi connectivity index (χ2v) is 6.28. The van der Waals surface area contributed by atoms with E-state index in [9.17, 15) is 8.42 Å². The van der Waals surface area contributed by atoms with Gasteiger partial charge in [0.25, 0.3) is 0 Å². The minimum Gasteiger partial charge on any atom is -0.399 e. The van der Waals surface area contributed by atoms with Crippen molar-refractivity contribution in [2.75, 3.05) is 5.73 Å². The van der Waals surface area contributed by atoms with Crippen LogP contribution in [0.5, 0.6) is 0 Å². The molecule has 4 nitrogen and oxygen atoms in total. The SMILES string of the molecule is CCC(NS(=O)(=O)c1cccc(N)c1)c1ccccc1. The first-order valence-corrected chi connectivity index (χ1v) is 7.94. The van der Waals surface area contributed by atoms with Crippen molar-refractivity contribution in [1.82, 2.24) is 4.72 Å². The quantitative estimate of drug-likeness (QED) is 0.832. The molecule has 0 saturated heterocycles. The van der Waals surface area contributed by atoms with Crippen LogP contribution >= 0.6 is 0 Å². The third kappa shape index (κ3) is 3.37. The highest BCUT2D eigenvalue weighted by Gasteiger charge is 2.20. The summed E-state index contributed by atoms with van der Waals surface area (Å²) in [7, 11) is -3.57. The van der Waals surface area contributed by atoms with Crippen LogP contribution in [0, 0.1) is 0 Å². The van der Waals surface area contributed by atoms with Gasteiger partial charge in [0.15, 0.2) is 0 Å². The molecular formula is C15H18N2O2S. The topological polar surface area (TPSA) is 72.2 Å². The van der Waals surface area contributed by atoms with E-state index in [1.807, 2.05) is 37.3 Å². The molecule has 2 aromatic rings. The number of benzene rings is 2. The van der Waals surface area contributed by atoms with Crippen LogP contribution in [0.1, 0.15) is 24.9 Å². The lowest BCUT2D eigenvalue weighted by Gasteiger charge is -2.17. The number of sulfonamides is 1. The summed E-state index contributed by atoms with van der Waals surface area (Å²) in [6.45, 7) is 1.94. The molecule has 106 valence electrons. The van der Waals surface area contributed by atoms with E-state index >= 15 is 0 Å². The zero-order valence-corrected chi connectivity index (χ0v) is 12.1.